The van der Waals surface area contributed by atoms with Gasteiger partial charge in [-0.2, -0.15) is 0 Å². The molecule has 0 bridgehead atoms. The standard InChI is InChI=1S/C22H23BO3/c1-22(2)15-25-23(26-16-22)20-10-8-19-13-21(11-9-18(19)12-20)24-14-17-6-4-3-5-7-17/h3-13H,14-16H2,1-2H3. The third kappa shape index (κ3) is 3.92. The summed E-state index contributed by atoms with van der Waals surface area (Å²) in [7, 11) is -0.276. The zero-order chi connectivity index (χ0) is 18.0. The Labute approximate surface area is 155 Å². The number of benzene rings is 3. The number of rotatable bonds is 4. The largest absolute Gasteiger partial charge is 0.493 e. The van der Waals surface area contributed by atoms with Crippen LogP contribution < -0.4 is 10.2 Å². The average Bonchev–Trinajstić information content (AvgIpc) is 2.67. The van der Waals surface area contributed by atoms with E-state index < -0.39 is 0 Å². The van der Waals surface area contributed by atoms with Gasteiger partial charge in [-0.3, -0.25) is 0 Å². The van der Waals surface area contributed by atoms with E-state index in [1.165, 1.54) is 0 Å². The molecule has 1 aliphatic heterocycles. The molecule has 4 heteroatoms. The molecule has 0 atom stereocenters. The SMILES string of the molecule is CC1(C)COB(c2ccc3cc(OCc4ccccc4)ccc3c2)OC1. The molecule has 26 heavy (non-hydrogen) atoms. The van der Waals surface area contributed by atoms with Crippen molar-refractivity contribution in [3.63, 3.8) is 0 Å². The topological polar surface area (TPSA) is 27.7 Å². The second-order valence-corrected chi connectivity index (χ2v) is 7.66. The highest BCUT2D eigenvalue weighted by Crippen LogP contribution is 2.24. The number of hydrogen-bond acceptors (Lipinski definition) is 3. The Hall–Kier alpha value is -2.30. The van der Waals surface area contributed by atoms with Gasteiger partial charge in [-0.05, 0) is 33.9 Å². The zero-order valence-corrected chi connectivity index (χ0v) is 15.3. The Morgan fingerprint density at radius 1 is 0.885 bits per heavy atom. The summed E-state index contributed by atoms with van der Waals surface area (Å²) < 4.78 is 17.7. The summed E-state index contributed by atoms with van der Waals surface area (Å²) in [4.78, 5) is 0. The first-order valence-electron chi connectivity index (χ1n) is 9.03. The molecule has 4 rings (SSSR count). The van der Waals surface area contributed by atoms with Crippen molar-refractivity contribution in [2.24, 2.45) is 5.41 Å². The maximum Gasteiger partial charge on any atom is 0.493 e. The molecule has 132 valence electrons. The second kappa shape index (κ2) is 7.14. The molecule has 1 aliphatic rings. The molecule has 0 amide bonds. The summed E-state index contributed by atoms with van der Waals surface area (Å²) in [5.74, 6) is 0.876. The van der Waals surface area contributed by atoms with Crippen molar-refractivity contribution in [2.75, 3.05) is 13.2 Å². The first-order chi connectivity index (χ1) is 12.6. The summed E-state index contributed by atoms with van der Waals surface area (Å²) in [6.45, 7) is 6.30. The summed E-state index contributed by atoms with van der Waals surface area (Å²) in [5, 5.41) is 2.31. The second-order valence-electron chi connectivity index (χ2n) is 7.66. The highest BCUT2D eigenvalue weighted by atomic mass is 16.6. The molecule has 0 spiro atoms. The Morgan fingerprint density at radius 2 is 1.58 bits per heavy atom. The van der Waals surface area contributed by atoms with Crippen LogP contribution >= 0.6 is 0 Å². The average molecular weight is 346 g/mol. The van der Waals surface area contributed by atoms with Crippen molar-refractivity contribution in [3.05, 3.63) is 72.3 Å². The van der Waals surface area contributed by atoms with Crippen LogP contribution in [-0.2, 0) is 15.9 Å². The minimum Gasteiger partial charge on any atom is -0.489 e. The van der Waals surface area contributed by atoms with Gasteiger partial charge < -0.3 is 14.0 Å². The molecule has 3 aromatic rings. The zero-order valence-electron chi connectivity index (χ0n) is 15.3. The fraction of sp³-hybridized carbons (Fsp3) is 0.273. The lowest BCUT2D eigenvalue weighted by molar-refractivity contribution is 0.0343. The summed E-state index contributed by atoms with van der Waals surface area (Å²) >= 11 is 0. The van der Waals surface area contributed by atoms with Crippen molar-refractivity contribution in [1.82, 2.24) is 0 Å². The van der Waals surface area contributed by atoms with Gasteiger partial charge in [-0.25, -0.2) is 0 Å². The highest BCUT2D eigenvalue weighted by molar-refractivity contribution is 6.61. The predicted molar refractivity (Wildman–Crippen MR) is 106 cm³/mol. The van der Waals surface area contributed by atoms with Crippen LogP contribution in [0.25, 0.3) is 10.8 Å². The molecule has 1 fully saturated rings. The van der Waals surface area contributed by atoms with E-state index in [4.69, 9.17) is 14.0 Å². The van der Waals surface area contributed by atoms with Gasteiger partial charge in [0.1, 0.15) is 12.4 Å². The van der Waals surface area contributed by atoms with Crippen LogP contribution in [0.5, 0.6) is 5.75 Å². The van der Waals surface area contributed by atoms with Crippen molar-refractivity contribution in [2.45, 2.75) is 20.5 Å². The van der Waals surface area contributed by atoms with E-state index in [1.54, 1.807) is 0 Å². The Kier molecular flexibility index (Phi) is 4.71. The van der Waals surface area contributed by atoms with Gasteiger partial charge >= 0.3 is 7.12 Å². The minimum atomic E-state index is -0.276. The van der Waals surface area contributed by atoms with Gasteiger partial charge in [-0.15, -0.1) is 0 Å². The lowest BCUT2D eigenvalue weighted by Gasteiger charge is -2.33. The molecule has 0 aromatic heterocycles. The molecule has 3 nitrogen and oxygen atoms in total. The van der Waals surface area contributed by atoms with Crippen molar-refractivity contribution < 1.29 is 14.0 Å². The maximum absolute atomic E-state index is 5.92. The van der Waals surface area contributed by atoms with Crippen molar-refractivity contribution >= 4 is 23.4 Å². The van der Waals surface area contributed by atoms with Gasteiger partial charge in [0.2, 0.25) is 0 Å². The van der Waals surface area contributed by atoms with E-state index in [-0.39, 0.29) is 12.5 Å². The third-order valence-corrected chi connectivity index (χ3v) is 4.61. The van der Waals surface area contributed by atoms with Crippen LogP contribution in [0, 0.1) is 5.41 Å². The lowest BCUT2D eigenvalue weighted by Crippen LogP contribution is -2.47. The van der Waals surface area contributed by atoms with Crippen molar-refractivity contribution in [1.29, 1.82) is 0 Å². The normalized spacial score (nSPS) is 16.6. The first-order valence-corrected chi connectivity index (χ1v) is 9.03. The van der Waals surface area contributed by atoms with Crippen LogP contribution in [-0.4, -0.2) is 20.3 Å². The molecule has 0 saturated carbocycles. The fourth-order valence-electron chi connectivity index (χ4n) is 3.10. The van der Waals surface area contributed by atoms with Gasteiger partial charge in [0.25, 0.3) is 0 Å². The van der Waals surface area contributed by atoms with E-state index in [0.29, 0.717) is 19.8 Å². The molecular formula is C22H23BO3. The van der Waals surface area contributed by atoms with E-state index in [2.05, 4.69) is 56.3 Å². The molecule has 0 N–H and O–H groups in total. The number of hydrogen-bond donors (Lipinski definition) is 0. The van der Waals surface area contributed by atoms with Gasteiger partial charge in [0.15, 0.2) is 0 Å². The molecule has 0 unspecified atom stereocenters. The summed E-state index contributed by atoms with van der Waals surface area (Å²) in [6, 6.07) is 22.7. The fourth-order valence-corrected chi connectivity index (χ4v) is 3.10. The third-order valence-electron chi connectivity index (χ3n) is 4.61. The van der Waals surface area contributed by atoms with Crippen LogP contribution in [0.4, 0.5) is 0 Å². The van der Waals surface area contributed by atoms with Crippen LogP contribution in [0.3, 0.4) is 0 Å². The van der Waals surface area contributed by atoms with E-state index in [0.717, 1.165) is 27.5 Å². The van der Waals surface area contributed by atoms with Crippen LogP contribution in [0.2, 0.25) is 0 Å². The summed E-state index contributed by atoms with van der Waals surface area (Å²) in [5.41, 5.74) is 2.31. The quantitative estimate of drug-likeness (QED) is 0.663. The molecule has 3 aromatic carbocycles. The predicted octanol–water partition coefficient (Wildman–Crippen LogP) is 4.19. The molecule has 1 saturated heterocycles. The molecular weight excluding hydrogens is 323 g/mol. The first kappa shape index (κ1) is 17.1. The van der Waals surface area contributed by atoms with Crippen LogP contribution in [0.1, 0.15) is 19.4 Å². The van der Waals surface area contributed by atoms with Gasteiger partial charge in [-0.1, -0.05) is 68.4 Å². The smallest absolute Gasteiger partial charge is 0.489 e. The van der Waals surface area contributed by atoms with Crippen LogP contribution in [0.15, 0.2) is 66.7 Å². The van der Waals surface area contributed by atoms with E-state index >= 15 is 0 Å². The summed E-state index contributed by atoms with van der Waals surface area (Å²) in [6.07, 6.45) is 0. The van der Waals surface area contributed by atoms with E-state index in [1.807, 2.05) is 24.3 Å². The van der Waals surface area contributed by atoms with Gasteiger partial charge in [0, 0.05) is 18.6 Å². The highest BCUT2D eigenvalue weighted by Gasteiger charge is 2.33. The van der Waals surface area contributed by atoms with E-state index in [9.17, 15) is 0 Å². The Morgan fingerprint density at radius 3 is 2.35 bits per heavy atom. The maximum atomic E-state index is 5.92. The number of fused-ring (bicyclic) bond motifs is 1. The minimum absolute atomic E-state index is 0.0817. The van der Waals surface area contributed by atoms with Gasteiger partial charge in [0.05, 0.1) is 0 Å². The lowest BCUT2D eigenvalue weighted by atomic mass is 9.75. The molecule has 1 heterocycles. The Bertz CT molecular complexity index is 882. The van der Waals surface area contributed by atoms with Crippen molar-refractivity contribution in [3.8, 4) is 5.75 Å². The Balaban J connectivity index is 1.48. The monoisotopic (exact) mass is 346 g/mol. The molecule has 0 radical (unpaired) electrons. The number of ether oxygens (including phenoxy) is 1. The molecule has 0 aliphatic carbocycles.